The molecule has 132 valence electrons. The van der Waals surface area contributed by atoms with Crippen molar-refractivity contribution >= 4 is 50.5 Å². The Balaban J connectivity index is 2.24. The van der Waals surface area contributed by atoms with Crippen LogP contribution in [-0.2, 0) is 10.0 Å². The number of hydrogen-bond donors (Lipinski definition) is 1. The van der Waals surface area contributed by atoms with Gasteiger partial charge in [-0.15, -0.1) is 6.58 Å². The molecule has 0 saturated carbocycles. The highest BCUT2D eigenvalue weighted by molar-refractivity contribution is 7.92. The van der Waals surface area contributed by atoms with Gasteiger partial charge in [0.15, 0.2) is 0 Å². The SMILES string of the molecule is C=CCN(c1ccc(C(=O)Nc2c(Cl)cccc2Cl)cc1)S(C)(=O)=O. The average Bonchev–Trinajstić information content (AvgIpc) is 2.55. The highest BCUT2D eigenvalue weighted by Gasteiger charge is 2.17. The summed E-state index contributed by atoms with van der Waals surface area (Å²) in [7, 11) is -3.45. The smallest absolute Gasteiger partial charge is 0.255 e. The number of nitrogens with zero attached hydrogens (tertiary/aromatic N) is 1. The van der Waals surface area contributed by atoms with E-state index in [1.54, 1.807) is 30.3 Å². The van der Waals surface area contributed by atoms with Crippen molar-refractivity contribution in [3.8, 4) is 0 Å². The molecule has 0 heterocycles. The summed E-state index contributed by atoms with van der Waals surface area (Å²) in [5.74, 6) is -0.406. The molecule has 1 N–H and O–H groups in total. The number of rotatable bonds is 6. The van der Waals surface area contributed by atoms with Crippen LogP contribution in [0.4, 0.5) is 11.4 Å². The maximum absolute atomic E-state index is 12.3. The minimum Gasteiger partial charge on any atom is -0.319 e. The van der Waals surface area contributed by atoms with E-state index >= 15 is 0 Å². The fourth-order valence-corrected chi connectivity index (χ4v) is 3.50. The molecular formula is C17H16Cl2N2O3S. The quantitative estimate of drug-likeness (QED) is 0.741. The normalized spacial score (nSPS) is 11.0. The van der Waals surface area contributed by atoms with Gasteiger partial charge in [-0.1, -0.05) is 35.3 Å². The summed E-state index contributed by atoms with van der Waals surface area (Å²) in [5, 5.41) is 3.30. The van der Waals surface area contributed by atoms with E-state index in [2.05, 4.69) is 11.9 Å². The summed E-state index contributed by atoms with van der Waals surface area (Å²) in [6, 6.07) is 11.1. The van der Waals surface area contributed by atoms with Crippen LogP contribution >= 0.6 is 23.2 Å². The lowest BCUT2D eigenvalue weighted by Gasteiger charge is -2.20. The van der Waals surface area contributed by atoms with Gasteiger partial charge in [0.2, 0.25) is 10.0 Å². The number of halogens is 2. The first-order chi connectivity index (χ1) is 11.7. The summed E-state index contributed by atoms with van der Waals surface area (Å²) in [6.07, 6.45) is 2.59. The van der Waals surface area contributed by atoms with Crippen LogP contribution < -0.4 is 9.62 Å². The third kappa shape index (κ3) is 4.75. The minimum atomic E-state index is -3.45. The standard InChI is InChI=1S/C17H16Cl2N2O3S/c1-3-11-21(25(2,23)24)13-9-7-12(8-10-13)17(22)20-16-14(18)5-4-6-15(16)19/h3-10H,1,11H2,2H3,(H,20,22). The van der Waals surface area contributed by atoms with Gasteiger partial charge in [0.1, 0.15) is 0 Å². The summed E-state index contributed by atoms with van der Waals surface area (Å²) < 4.78 is 24.8. The van der Waals surface area contributed by atoms with E-state index in [0.29, 0.717) is 27.0 Å². The van der Waals surface area contributed by atoms with Gasteiger partial charge in [-0.05, 0) is 36.4 Å². The van der Waals surface area contributed by atoms with Crippen molar-refractivity contribution in [2.45, 2.75) is 0 Å². The van der Waals surface area contributed by atoms with E-state index in [1.807, 2.05) is 0 Å². The number of sulfonamides is 1. The molecule has 1 amide bonds. The summed E-state index contributed by atoms with van der Waals surface area (Å²) in [5.41, 5.74) is 1.10. The summed E-state index contributed by atoms with van der Waals surface area (Å²) in [4.78, 5) is 12.3. The van der Waals surface area contributed by atoms with Gasteiger partial charge in [-0.2, -0.15) is 0 Å². The Kier molecular flexibility index (Phi) is 6.11. The van der Waals surface area contributed by atoms with Crippen molar-refractivity contribution in [1.29, 1.82) is 0 Å². The fourth-order valence-electron chi connectivity index (χ4n) is 2.13. The largest absolute Gasteiger partial charge is 0.319 e. The molecule has 2 aromatic rings. The Morgan fingerprint density at radius 3 is 2.20 bits per heavy atom. The molecule has 0 aliphatic heterocycles. The van der Waals surface area contributed by atoms with Gasteiger partial charge < -0.3 is 5.32 Å². The molecule has 0 unspecified atom stereocenters. The lowest BCUT2D eigenvalue weighted by Crippen LogP contribution is -2.29. The second-order valence-electron chi connectivity index (χ2n) is 5.18. The van der Waals surface area contributed by atoms with E-state index in [0.717, 1.165) is 6.26 Å². The topological polar surface area (TPSA) is 66.5 Å². The van der Waals surface area contributed by atoms with Crippen LogP contribution in [0.25, 0.3) is 0 Å². The van der Waals surface area contributed by atoms with Gasteiger partial charge in [-0.25, -0.2) is 8.42 Å². The molecule has 0 atom stereocenters. The minimum absolute atomic E-state index is 0.138. The molecule has 8 heteroatoms. The van der Waals surface area contributed by atoms with Crippen molar-refractivity contribution < 1.29 is 13.2 Å². The van der Waals surface area contributed by atoms with E-state index in [4.69, 9.17) is 23.2 Å². The van der Waals surface area contributed by atoms with Gasteiger partial charge in [0.05, 0.1) is 34.2 Å². The number of benzene rings is 2. The lowest BCUT2D eigenvalue weighted by atomic mass is 10.2. The molecular weight excluding hydrogens is 383 g/mol. The third-order valence-electron chi connectivity index (χ3n) is 3.31. The first kappa shape index (κ1) is 19.3. The Bertz CT molecular complexity index is 876. The van der Waals surface area contributed by atoms with Crippen LogP contribution in [0.3, 0.4) is 0 Å². The van der Waals surface area contributed by atoms with Crippen molar-refractivity contribution in [1.82, 2.24) is 0 Å². The second kappa shape index (κ2) is 7.91. The molecule has 0 spiro atoms. The van der Waals surface area contributed by atoms with Gasteiger partial charge >= 0.3 is 0 Å². The van der Waals surface area contributed by atoms with Crippen LogP contribution in [0.2, 0.25) is 10.0 Å². The second-order valence-corrected chi connectivity index (χ2v) is 7.90. The zero-order valence-electron chi connectivity index (χ0n) is 13.4. The molecule has 2 aromatic carbocycles. The third-order valence-corrected chi connectivity index (χ3v) is 5.10. The van der Waals surface area contributed by atoms with Gasteiger partial charge in [0.25, 0.3) is 5.91 Å². The predicted molar refractivity (Wildman–Crippen MR) is 103 cm³/mol. The van der Waals surface area contributed by atoms with Crippen molar-refractivity contribution in [2.75, 3.05) is 22.4 Å². The molecule has 5 nitrogen and oxygen atoms in total. The van der Waals surface area contributed by atoms with Crippen LogP contribution in [0.5, 0.6) is 0 Å². The summed E-state index contributed by atoms with van der Waals surface area (Å²) >= 11 is 12.1. The van der Waals surface area contributed by atoms with Crippen molar-refractivity contribution in [2.24, 2.45) is 0 Å². The van der Waals surface area contributed by atoms with Crippen LogP contribution in [0.1, 0.15) is 10.4 Å². The number of para-hydroxylation sites is 1. The molecule has 0 bridgehead atoms. The highest BCUT2D eigenvalue weighted by Crippen LogP contribution is 2.30. The Labute approximate surface area is 156 Å². The van der Waals surface area contributed by atoms with Crippen molar-refractivity contribution in [3.05, 3.63) is 70.7 Å². The maximum Gasteiger partial charge on any atom is 0.255 e. The number of carbonyl (C=O) groups is 1. The molecule has 0 aliphatic rings. The molecule has 0 aromatic heterocycles. The number of hydrogen-bond acceptors (Lipinski definition) is 3. The summed E-state index contributed by atoms with van der Waals surface area (Å²) in [6.45, 7) is 3.69. The van der Waals surface area contributed by atoms with Crippen LogP contribution in [0, 0.1) is 0 Å². The zero-order valence-corrected chi connectivity index (χ0v) is 15.7. The Morgan fingerprint density at radius 1 is 1.16 bits per heavy atom. The molecule has 2 rings (SSSR count). The van der Waals surface area contributed by atoms with Crippen LogP contribution in [-0.4, -0.2) is 27.1 Å². The monoisotopic (exact) mass is 398 g/mol. The molecule has 0 aliphatic carbocycles. The predicted octanol–water partition coefficient (Wildman–Crippen LogP) is 4.20. The number of nitrogens with one attached hydrogen (secondary N) is 1. The lowest BCUT2D eigenvalue weighted by molar-refractivity contribution is 0.102. The maximum atomic E-state index is 12.3. The van der Waals surface area contributed by atoms with E-state index in [-0.39, 0.29) is 6.54 Å². The van der Waals surface area contributed by atoms with Gasteiger partial charge in [0, 0.05) is 5.56 Å². The molecule has 0 saturated heterocycles. The molecule has 0 radical (unpaired) electrons. The molecule has 25 heavy (non-hydrogen) atoms. The average molecular weight is 399 g/mol. The van der Waals surface area contributed by atoms with Crippen LogP contribution in [0.15, 0.2) is 55.1 Å². The van der Waals surface area contributed by atoms with E-state index < -0.39 is 15.9 Å². The molecule has 0 fully saturated rings. The zero-order chi connectivity index (χ0) is 18.6. The number of amides is 1. The highest BCUT2D eigenvalue weighted by atomic mass is 35.5. The first-order valence-electron chi connectivity index (χ1n) is 7.18. The Morgan fingerprint density at radius 2 is 1.72 bits per heavy atom. The van der Waals surface area contributed by atoms with Gasteiger partial charge in [-0.3, -0.25) is 9.10 Å². The van der Waals surface area contributed by atoms with E-state index in [9.17, 15) is 13.2 Å². The Hall–Kier alpha value is -2.02. The number of anilines is 2. The fraction of sp³-hybridized carbons (Fsp3) is 0.118. The first-order valence-corrected chi connectivity index (χ1v) is 9.78. The number of carbonyl (C=O) groups excluding carboxylic acids is 1. The van der Waals surface area contributed by atoms with E-state index in [1.165, 1.54) is 22.5 Å². The van der Waals surface area contributed by atoms with Crippen molar-refractivity contribution in [3.63, 3.8) is 0 Å².